The quantitative estimate of drug-likeness (QED) is 0.580. The zero-order valence-corrected chi connectivity index (χ0v) is 15.5. The normalized spacial score (nSPS) is 18.9. The van der Waals surface area contributed by atoms with E-state index in [-0.39, 0.29) is 5.41 Å². The average Bonchev–Trinajstić information content (AvgIpc) is 2.43. The Bertz CT molecular complexity index is 583. The van der Waals surface area contributed by atoms with E-state index in [9.17, 15) is 0 Å². The molecule has 0 unspecified atom stereocenters. The molecule has 0 bridgehead atoms. The molecule has 2 nitrogen and oxygen atoms in total. The van der Waals surface area contributed by atoms with Crippen LogP contribution in [0.2, 0.25) is 0 Å². The largest absolute Gasteiger partial charge is 0.385 e. The van der Waals surface area contributed by atoms with Crippen molar-refractivity contribution in [2.75, 3.05) is 6.54 Å². The van der Waals surface area contributed by atoms with Crippen molar-refractivity contribution in [1.29, 1.82) is 5.41 Å². The fourth-order valence-corrected chi connectivity index (χ4v) is 3.36. The Kier molecular flexibility index (Phi) is 6.80. The topological polar surface area (TPSA) is 35.9 Å². The Morgan fingerprint density at radius 1 is 1.35 bits per heavy atom. The second-order valence-corrected chi connectivity index (χ2v) is 7.19. The van der Waals surface area contributed by atoms with Crippen LogP contribution in [0.25, 0.3) is 0 Å². The van der Waals surface area contributed by atoms with Crippen molar-refractivity contribution in [3.63, 3.8) is 0 Å². The molecule has 0 saturated heterocycles. The Hall–Kier alpha value is -1.83. The first-order valence-electron chi connectivity index (χ1n) is 8.44. The van der Waals surface area contributed by atoms with Gasteiger partial charge in [0.25, 0.3) is 0 Å². The summed E-state index contributed by atoms with van der Waals surface area (Å²) in [5.41, 5.74) is 6.44. The highest BCUT2D eigenvalue weighted by atomic mass is 14.9. The van der Waals surface area contributed by atoms with Crippen molar-refractivity contribution in [2.24, 2.45) is 5.41 Å². The summed E-state index contributed by atoms with van der Waals surface area (Å²) >= 11 is 0. The fourth-order valence-electron chi connectivity index (χ4n) is 3.36. The van der Waals surface area contributed by atoms with E-state index >= 15 is 0 Å². The molecule has 0 atom stereocenters. The van der Waals surface area contributed by atoms with Crippen molar-refractivity contribution >= 4 is 5.71 Å². The summed E-state index contributed by atoms with van der Waals surface area (Å²) < 4.78 is 0. The van der Waals surface area contributed by atoms with Gasteiger partial charge in [-0.2, -0.15) is 0 Å². The molecule has 0 radical (unpaired) electrons. The van der Waals surface area contributed by atoms with E-state index in [0.717, 1.165) is 53.9 Å². The van der Waals surface area contributed by atoms with Gasteiger partial charge >= 0.3 is 0 Å². The Morgan fingerprint density at radius 2 is 2.00 bits per heavy atom. The monoisotopic (exact) mass is 312 g/mol. The molecule has 0 aromatic heterocycles. The van der Waals surface area contributed by atoms with Crippen molar-refractivity contribution in [2.45, 2.75) is 53.9 Å². The number of hydrogen-bond acceptors (Lipinski definition) is 2. The molecule has 23 heavy (non-hydrogen) atoms. The lowest BCUT2D eigenvalue weighted by atomic mass is 9.72. The highest BCUT2D eigenvalue weighted by molar-refractivity contribution is 6.03. The molecular formula is C21H32N2. The zero-order valence-electron chi connectivity index (χ0n) is 15.5. The van der Waals surface area contributed by atoms with Gasteiger partial charge in [-0.25, -0.2) is 0 Å². The van der Waals surface area contributed by atoms with Crippen LogP contribution in [0.1, 0.15) is 53.9 Å². The standard InChI is InChI=1S/C21H32N2/c1-8-10-11-18(17(5)23-12-9-2)16(4)20-15(3)13-21(6,7)14-19(20)22/h8,10-11,22-23H,1,5,9,12-14H2,2-4,6-7H3/b11-10-,18-16-,22-19?. The molecule has 1 rings (SSSR count). The van der Waals surface area contributed by atoms with E-state index in [1.165, 1.54) is 5.57 Å². The Balaban J connectivity index is 3.34. The summed E-state index contributed by atoms with van der Waals surface area (Å²) in [6.07, 6.45) is 8.67. The van der Waals surface area contributed by atoms with Gasteiger partial charge < -0.3 is 10.7 Å². The average molecular weight is 313 g/mol. The minimum atomic E-state index is 0.180. The van der Waals surface area contributed by atoms with Crippen molar-refractivity contribution in [3.05, 3.63) is 59.4 Å². The number of rotatable bonds is 7. The molecule has 0 aliphatic heterocycles. The molecule has 1 aliphatic rings. The van der Waals surface area contributed by atoms with Crippen LogP contribution in [0.15, 0.2) is 59.4 Å². The van der Waals surface area contributed by atoms with Gasteiger partial charge in [-0.15, -0.1) is 0 Å². The summed E-state index contributed by atoms with van der Waals surface area (Å²) in [5.74, 6) is 0. The van der Waals surface area contributed by atoms with E-state index in [1.807, 2.05) is 12.2 Å². The maximum atomic E-state index is 8.53. The van der Waals surface area contributed by atoms with Crippen molar-refractivity contribution in [3.8, 4) is 0 Å². The van der Waals surface area contributed by atoms with E-state index in [0.29, 0.717) is 0 Å². The van der Waals surface area contributed by atoms with Gasteiger partial charge in [-0.1, -0.05) is 57.7 Å². The van der Waals surface area contributed by atoms with Crippen molar-refractivity contribution in [1.82, 2.24) is 5.32 Å². The summed E-state index contributed by atoms with van der Waals surface area (Å²) in [5, 5.41) is 11.9. The molecule has 0 spiro atoms. The van der Waals surface area contributed by atoms with Gasteiger partial charge in [0, 0.05) is 23.5 Å². The van der Waals surface area contributed by atoms with Gasteiger partial charge in [-0.3, -0.25) is 0 Å². The van der Waals surface area contributed by atoms with Gasteiger partial charge in [0.15, 0.2) is 0 Å². The second-order valence-electron chi connectivity index (χ2n) is 7.19. The van der Waals surface area contributed by atoms with Gasteiger partial charge in [0.1, 0.15) is 0 Å². The molecule has 2 heteroatoms. The van der Waals surface area contributed by atoms with Gasteiger partial charge in [0.05, 0.1) is 0 Å². The Labute approximate surface area is 142 Å². The molecule has 0 fully saturated rings. The van der Waals surface area contributed by atoms with Crippen LogP contribution >= 0.6 is 0 Å². The molecular weight excluding hydrogens is 280 g/mol. The maximum absolute atomic E-state index is 8.53. The summed E-state index contributed by atoms with van der Waals surface area (Å²) in [7, 11) is 0. The van der Waals surface area contributed by atoms with Crippen molar-refractivity contribution < 1.29 is 0 Å². The van der Waals surface area contributed by atoms with Crippen LogP contribution < -0.4 is 5.32 Å². The lowest BCUT2D eigenvalue weighted by molar-refractivity contribution is 0.370. The first kappa shape index (κ1) is 19.2. The predicted molar refractivity (Wildman–Crippen MR) is 103 cm³/mol. The number of nitrogens with one attached hydrogen (secondary N) is 2. The third-order valence-electron chi connectivity index (χ3n) is 4.22. The molecule has 1 aliphatic carbocycles. The molecule has 126 valence electrons. The SMILES string of the molecule is C=C/C=C\C(C(=C)NCCC)=C(/C)C1=C(C)CC(C)(C)CC1=N. The van der Waals surface area contributed by atoms with E-state index in [1.54, 1.807) is 6.08 Å². The highest BCUT2D eigenvalue weighted by Gasteiger charge is 2.30. The fraction of sp³-hybridized carbons (Fsp3) is 0.476. The van der Waals surface area contributed by atoms with Crippen LogP contribution in [0.4, 0.5) is 0 Å². The van der Waals surface area contributed by atoms with E-state index in [4.69, 9.17) is 5.41 Å². The van der Waals surface area contributed by atoms with Crippen LogP contribution in [0.3, 0.4) is 0 Å². The highest BCUT2D eigenvalue weighted by Crippen LogP contribution is 2.39. The second kappa shape index (κ2) is 8.14. The van der Waals surface area contributed by atoms with Crippen LogP contribution in [0.5, 0.6) is 0 Å². The first-order valence-corrected chi connectivity index (χ1v) is 8.44. The minimum absolute atomic E-state index is 0.180. The molecule has 0 saturated carbocycles. The number of allylic oxidation sites excluding steroid dienone is 6. The molecule has 0 heterocycles. The lowest BCUT2D eigenvalue weighted by Crippen LogP contribution is -2.26. The van der Waals surface area contributed by atoms with Crippen LogP contribution in [-0.4, -0.2) is 12.3 Å². The molecule has 0 amide bonds. The first-order chi connectivity index (χ1) is 10.7. The van der Waals surface area contributed by atoms with E-state index < -0.39 is 0 Å². The molecule has 0 aromatic carbocycles. The zero-order chi connectivity index (χ0) is 17.6. The molecule has 2 N–H and O–H groups in total. The predicted octanol–water partition coefficient (Wildman–Crippen LogP) is 5.71. The smallest absolute Gasteiger partial charge is 0.0393 e. The lowest BCUT2D eigenvalue weighted by Gasteiger charge is -2.33. The minimum Gasteiger partial charge on any atom is -0.385 e. The van der Waals surface area contributed by atoms with Crippen LogP contribution in [0, 0.1) is 10.8 Å². The summed E-state index contributed by atoms with van der Waals surface area (Å²) in [6, 6.07) is 0. The third-order valence-corrected chi connectivity index (χ3v) is 4.22. The van der Waals surface area contributed by atoms with E-state index in [2.05, 4.69) is 53.1 Å². The molecule has 0 aromatic rings. The Morgan fingerprint density at radius 3 is 2.52 bits per heavy atom. The maximum Gasteiger partial charge on any atom is 0.0393 e. The summed E-state index contributed by atoms with van der Waals surface area (Å²) in [4.78, 5) is 0. The number of hydrogen-bond donors (Lipinski definition) is 2. The van der Waals surface area contributed by atoms with Gasteiger partial charge in [-0.05, 0) is 49.7 Å². The van der Waals surface area contributed by atoms with Gasteiger partial charge in [0.2, 0.25) is 0 Å². The van der Waals surface area contributed by atoms with Crippen LogP contribution in [-0.2, 0) is 0 Å². The summed E-state index contributed by atoms with van der Waals surface area (Å²) in [6.45, 7) is 19.7. The third kappa shape index (κ3) is 5.09.